The Bertz CT molecular complexity index is 1560. The molecule has 7 unspecified atom stereocenters. The molecule has 7 atom stereocenters. The number of hydrogen-bond acceptors (Lipinski definition) is 10. The molecule has 83 heavy (non-hydrogen) atoms. The predicted molar refractivity (Wildman–Crippen MR) is 347 cm³/mol. The standard InChI is InChI=1S/C72H131NO10/c1-3-5-7-9-11-13-15-38-42-46-50-54-58-65(75)64(63-82-72-71(80)70(79)69(78)66(62-74)83-72)73-67(76)59-55-51-47-43-39-36-34-32-30-28-26-24-22-20-18-17-19-21-23-25-27-29-31-33-35-37-41-45-49-53-57-61-81-68(77)60-56-52-48-44-40-16-14-12-10-8-6-4-2/h12,14,19,21,25,27,38,42,54,58,64-66,69-72,74-75,78-80H,3-11,13,15-18,20,22-24,26,28-37,39-41,43-53,55-57,59-63H2,1-2H3,(H,73,76)/b14-12-,21-19-,27-25-,42-38+,58-54+. The molecule has 0 aromatic carbocycles. The minimum Gasteiger partial charge on any atom is -0.466 e. The van der Waals surface area contributed by atoms with Gasteiger partial charge in [-0.2, -0.15) is 0 Å². The van der Waals surface area contributed by atoms with Crippen molar-refractivity contribution in [2.75, 3.05) is 19.8 Å². The van der Waals surface area contributed by atoms with Crippen LogP contribution in [0.4, 0.5) is 0 Å². The Kier molecular flexibility index (Phi) is 57.6. The summed E-state index contributed by atoms with van der Waals surface area (Å²) in [6, 6.07) is -0.828. The summed E-state index contributed by atoms with van der Waals surface area (Å²) < 4.78 is 16.7. The zero-order chi connectivity index (χ0) is 60.2. The average Bonchev–Trinajstić information content (AvgIpc) is 3.57. The number of aliphatic hydroxyl groups is 5. The van der Waals surface area contributed by atoms with Crippen LogP contribution < -0.4 is 5.32 Å². The van der Waals surface area contributed by atoms with Crippen LogP contribution in [-0.4, -0.2) is 100 Å². The quantitative estimate of drug-likeness (QED) is 0.0195. The lowest BCUT2D eigenvalue weighted by Gasteiger charge is -2.40. The molecule has 6 N–H and O–H groups in total. The largest absolute Gasteiger partial charge is 0.466 e. The number of allylic oxidation sites excluding steroid dienone is 9. The number of aliphatic hydroxyl groups excluding tert-OH is 5. The van der Waals surface area contributed by atoms with Gasteiger partial charge in [-0.3, -0.25) is 9.59 Å². The lowest BCUT2D eigenvalue weighted by molar-refractivity contribution is -0.302. The van der Waals surface area contributed by atoms with Crippen LogP contribution in [-0.2, 0) is 23.8 Å². The van der Waals surface area contributed by atoms with Gasteiger partial charge in [-0.25, -0.2) is 0 Å². The van der Waals surface area contributed by atoms with Gasteiger partial charge in [0.2, 0.25) is 5.91 Å². The zero-order valence-corrected chi connectivity index (χ0v) is 53.7. The maximum absolute atomic E-state index is 13.0. The van der Waals surface area contributed by atoms with E-state index in [-0.39, 0.29) is 18.5 Å². The molecule has 0 aromatic heterocycles. The number of amides is 1. The van der Waals surface area contributed by atoms with Crippen molar-refractivity contribution in [1.82, 2.24) is 5.32 Å². The molecule has 11 nitrogen and oxygen atoms in total. The smallest absolute Gasteiger partial charge is 0.305 e. The number of carbonyl (C=O) groups excluding carboxylic acids is 2. The van der Waals surface area contributed by atoms with E-state index in [2.05, 4.69) is 67.8 Å². The third-order valence-corrected chi connectivity index (χ3v) is 16.3. The highest BCUT2D eigenvalue weighted by Crippen LogP contribution is 2.23. The molecule has 0 bridgehead atoms. The Morgan fingerprint density at radius 3 is 1.29 bits per heavy atom. The molecule has 1 saturated heterocycles. The van der Waals surface area contributed by atoms with Gasteiger partial charge in [0.1, 0.15) is 24.4 Å². The maximum atomic E-state index is 13.0. The second-order valence-electron chi connectivity index (χ2n) is 24.2. The number of carbonyl (C=O) groups is 2. The van der Waals surface area contributed by atoms with E-state index in [4.69, 9.17) is 14.2 Å². The topological polar surface area (TPSA) is 175 Å². The Hall–Kier alpha value is -2.64. The fourth-order valence-corrected chi connectivity index (χ4v) is 10.8. The lowest BCUT2D eigenvalue weighted by Crippen LogP contribution is -2.60. The number of unbranched alkanes of at least 4 members (excludes halogenated alkanes) is 39. The molecule has 484 valence electrons. The van der Waals surface area contributed by atoms with Crippen molar-refractivity contribution in [3.8, 4) is 0 Å². The Morgan fingerprint density at radius 2 is 0.819 bits per heavy atom. The van der Waals surface area contributed by atoms with Crippen LogP contribution in [0.25, 0.3) is 0 Å². The third kappa shape index (κ3) is 50.1. The number of hydrogen-bond donors (Lipinski definition) is 6. The molecule has 0 aliphatic carbocycles. The molecule has 0 aromatic rings. The minimum absolute atomic E-state index is 0.00546. The molecule has 1 amide bonds. The van der Waals surface area contributed by atoms with E-state index in [1.54, 1.807) is 6.08 Å². The molecular formula is C72H131NO10. The van der Waals surface area contributed by atoms with Gasteiger partial charge in [0.25, 0.3) is 0 Å². The van der Waals surface area contributed by atoms with Crippen molar-refractivity contribution in [2.45, 2.75) is 365 Å². The van der Waals surface area contributed by atoms with Crippen LogP contribution in [0.3, 0.4) is 0 Å². The van der Waals surface area contributed by atoms with E-state index in [0.717, 1.165) is 64.2 Å². The van der Waals surface area contributed by atoms with E-state index in [9.17, 15) is 35.1 Å². The summed E-state index contributed by atoms with van der Waals surface area (Å²) in [7, 11) is 0. The highest BCUT2D eigenvalue weighted by Gasteiger charge is 2.44. The van der Waals surface area contributed by atoms with Gasteiger partial charge in [-0.15, -0.1) is 0 Å². The zero-order valence-electron chi connectivity index (χ0n) is 53.7. The van der Waals surface area contributed by atoms with Crippen molar-refractivity contribution >= 4 is 11.9 Å². The van der Waals surface area contributed by atoms with Gasteiger partial charge in [-0.05, 0) is 103 Å². The molecule has 0 radical (unpaired) electrons. The molecule has 1 aliphatic rings. The summed E-state index contributed by atoms with van der Waals surface area (Å²) in [4.78, 5) is 25.1. The van der Waals surface area contributed by atoms with Crippen molar-refractivity contribution in [3.05, 3.63) is 60.8 Å². The molecule has 0 spiro atoms. The average molecular weight is 1170 g/mol. The van der Waals surface area contributed by atoms with Crippen LogP contribution in [0.2, 0.25) is 0 Å². The first-order valence-electron chi connectivity index (χ1n) is 35.1. The van der Waals surface area contributed by atoms with E-state index in [1.165, 1.54) is 231 Å². The number of ether oxygens (including phenoxy) is 3. The SMILES string of the molecule is CCCCC/C=C\CCCCCCCC(=O)OCCCCCCCCCCC/C=C\C/C=C\CCCCCCCCCCCCCCCCCC(=O)NC(COC1OC(CO)C(O)C(O)C1O)C(O)/C=C/CC/C=C/CCCCCCCC. The number of rotatable bonds is 61. The Morgan fingerprint density at radius 1 is 0.446 bits per heavy atom. The fourth-order valence-electron chi connectivity index (χ4n) is 10.8. The van der Waals surface area contributed by atoms with Gasteiger partial charge < -0.3 is 45.1 Å². The third-order valence-electron chi connectivity index (χ3n) is 16.3. The van der Waals surface area contributed by atoms with E-state index in [0.29, 0.717) is 19.4 Å². The molecule has 11 heteroatoms. The first-order valence-corrected chi connectivity index (χ1v) is 35.1. The van der Waals surface area contributed by atoms with Crippen LogP contribution in [0, 0.1) is 0 Å². The lowest BCUT2D eigenvalue weighted by atomic mass is 9.99. The summed E-state index contributed by atoms with van der Waals surface area (Å²) in [6.07, 6.45) is 70.7. The predicted octanol–water partition coefficient (Wildman–Crippen LogP) is 17.7. The minimum atomic E-state index is -1.58. The maximum Gasteiger partial charge on any atom is 0.305 e. The summed E-state index contributed by atoms with van der Waals surface area (Å²) in [5.41, 5.74) is 0. The monoisotopic (exact) mass is 1170 g/mol. The van der Waals surface area contributed by atoms with Crippen molar-refractivity contribution in [1.29, 1.82) is 0 Å². The van der Waals surface area contributed by atoms with Crippen LogP contribution in [0.15, 0.2) is 60.8 Å². The van der Waals surface area contributed by atoms with Crippen LogP contribution >= 0.6 is 0 Å². The number of nitrogens with one attached hydrogen (secondary N) is 1. The van der Waals surface area contributed by atoms with Gasteiger partial charge in [0, 0.05) is 12.8 Å². The summed E-state index contributed by atoms with van der Waals surface area (Å²) in [5, 5.41) is 54.4. The van der Waals surface area contributed by atoms with Gasteiger partial charge in [0.15, 0.2) is 6.29 Å². The van der Waals surface area contributed by atoms with Gasteiger partial charge in [-0.1, -0.05) is 267 Å². The first-order chi connectivity index (χ1) is 40.7. The Balaban J connectivity index is 1.98. The van der Waals surface area contributed by atoms with E-state index >= 15 is 0 Å². The Labute approximate surface area is 509 Å². The molecule has 1 rings (SSSR count). The highest BCUT2D eigenvalue weighted by molar-refractivity contribution is 5.76. The first kappa shape index (κ1) is 78.4. The molecule has 1 fully saturated rings. The fraction of sp³-hybridized carbons (Fsp3) is 0.833. The second kappa shape index (κ2) is 61.0. The van der Waals surface area contributed by atoms with Crippen LogP contribution in [0.1, 0.15) is 322 Å². The van der Waals surface area contributed by atoms with E-state index < -0.39 is 49.5 Å². The molecular weight excluding hydrogens is 1040 g/mol. The van der Waals surface area contributed by atoms with Crippen molar-refractivity contribution in [3.63, 3.8) is 0 Å². The van der Waals surface area contributed by atoms with Gasteiger partial charge >= 0.3 is 5.97 Å². The summed E-state index contributed by atoms with van der Waals surface area (Å²) in [5.74, 6) is -0.197. The molecule has 1 aliphatic heterocycles. The highest BCUT2D eigenvalue weighted by atomic mass is 16.7. The molecule has 0 saturated carbocycles. The van der Waals surface area contributed by atoms with Crippen LogP contribution in [0.5, 0.6) is 0 Å². The number of esters is 1. The van der Waals surface area contributed by atoms with E-state index in [1.807, 2.05) is 6.08 Å². The summed E-state index contributed by atoms with van der Waals surface area (Å²) >= 11 is 0. The van der Waals surface area contributed by atoms with Crippen molar-refractivity contribution in [2.24, 2.45) is 0 Å². The summed E-state index contributed by atoms with van der Waals surface area (Å²) in [6.45, 7) is 4.30. The normalized spacial score (nSPS) is 18.5. The van der Waals surface area contributed by atoms with Gasteiger partial charge in [0.05, 0.1) is 32.0 Å². The second-order valence-corrected chi connectivity index (χ2v) is 24.2. The molecule has 1 heterocycles. The van der Waals surface area contributed by atoms with Crippen molar-refractivity contribution < 1.29 is 49.3 Å².